The van der Waals surface area contributed by atoms with E-state index in [-0.39, 0.29) is 5.69 Å². The number of non-ortho nitro benzene ring substituents is 1. The molecule has 1 amide bonds. The van der Waals surface area contributed by atoms with Crippen molar-refractivity contribution in [1.29, 1.82) is 0 Å². The summed E-state index contributed by atoms with van der Waals surface area (Å²) in [6, 6.07) is 4.39. The van der Waals surface area contributed by atoms with E-state index < -0.39 is 28.1 Å². The molecule has 23 heavy (non-hydrogen) atoms. The highest BCUT2D eigenvalue weighted by molar-refractivity contribution is 5.95. The van der Waals surface area contributed by atoms with Gasteiger partial charge < -0.3 is 10.4 Å². The summed E-state index contributed by atoms with van der Waals surface area (Å²) in [5.41, 5.74) is 0.503. The summed E-state index contributed by atoms with van der Waals surface area (Å²) in [4.78, 5) is 32.9. The van der Waals surface area contributed by atoms with Crippen LogP contribution < -0.4 is 5.32 Å². The Labute approximate surface area is 128 Å². The smallest absolute Gasteiger partial charge is 0.415 e. The van der Waals surface area contributed by atoms with E-state index in [9.17, 15) is 30.1 Å². The largest absolute Gasteiger partial charge is 0.465 e. The molecule has 0 aromatic heterocycles. The third-order valence-corrected chi connectivity index (χ3v) is 3.03. The molecule has 1 unspecified atom stereocenters. The molecule has 1 aromatic carbocycles. The zero-order valence-electron chi connectivity index (χ0n) is 11.7. The van der Waals surface area contributed by atoms with Crippen LogP contribution in [-0.4, -0.2) is 32.0 Å². The highest BCUT2D eigenvalue weighted by atomic mass is 16.7. The van der Waals surface area contributed by atoms with Crippen molar-refractivity contribution in [2.75, 3.05) is 0 Å². The Balaban J connectivity index is 2.55. The quantitative estimate of drug-likeness (QED) is 0.634. The molecule has 1 heterocycles. The number of nitro groups is 2. The van der Waals surface area contributed by atoms with Crippen molar-refractivity contribution >= 4 is 17.7 Å². The molecule has 2 rings (SSSR count). The second-order valence-corrected chi connectivity index (χ2v) is 4.59. The van der Waals surface area contributed by atoms with Crippen LogP contribution in [0.25, 0.3) is 0 Å². The van der Waals surface area contributed by atoms with Crippen LogP contribution >= 0.6 is 0 Å². The lowest BCUT2D eigenvalue weighted by atomic mass is 10.0. The van der Waals surface area contributed by atoms with Gasteiger partial charge in [-0.1, -0.05) is 12.1 Å². The van der Waals surface area contributed by atoms with Crippen molar-refractivity contribution in [3.8, 4) is 0 Å². The molecule has 0 fully saturated rings. The number of nitrogens with zero attached hydrogens (tertiary/aromatic N) is 4. The van der Waals surface area contributed by atoms with Gasteiger partial charge >= 0.3 is 6.09 Å². The van der Waals surface area contributed by atoms with Gasteiger partial charge in [0.15, 0.2) is 5.03 Å². The molecular formula is C12H11N5O6. The molecule has 0 radical (unpaired) electrons. The number of hydrazone groups is 1. The predicted molar refractivity (Wildman–Crippen MR) is 77.0 cm³/mol. The number of nitro benzene ring substituents is 1. The van der Waals surface area contributed by atoms with Crippen LogP contribution in [0.4, 0.5) is 10.5 Å². The number of carbonyl (C=O) groups is 1. The van der Waals surface area contributed by atoms with Gasteiger partial charge in [0, 0.05) is 17.8 Å². The van der Waals surface area contributed by atoms with E-state index in [1.54, 1.807) is 6.92 Å². The molecule has 0 saturated carbocycles. The van der Waals surface area contributed by atoms with Crippen molar-refractivity contribution in [3.05, 3.63) is 61.8 Å². The van der Waals surface area contributed by atoms with Gasteiger partial charge in [-0.25, -0.2) is 19.8 Å². The maximum atomic E-state index is 11.5. The molecule has 0 saturated heterocycles. The lowest BCUT2D eigenvalue weighted by Gasteiger charge is -2.31. The summed E-state index contributed by atoms with van der Waals surface area (Å²) in [5.74, 6) is -0.487. The third kappa shape index (κ3) is 3.40. The van der Waals surface area contributed by atoms with Crippen LogP contribution in [0.5, 0.6) is 0 Å². The number of nitrogens with one attached hydrogen (secondary N) is 1. The van der Waals surface area contributed by atoms with Gasteiger partial charge in [-0.05, 0) is 18.6 Å². The molecule has 0 spiro atoms. The number of carboxylic acid groups (broad SMARTS) is 1. The molecule has 2 N–H and O–H groups in total. The summed E-state index contributed by atoms with van der Waals surface area (Å²) >= 11 is 0. The number of rotatable bonds is 3. The standard InChI is InChI=1S/C12H11N5O6/c1-7-5-10(8-3-2-4-9(6-8)16(20)21)15(12(18)19)11(13-7)14-17(22)23/h2-6,10H,1H3,(H,13,14)(H,18,19). The Bertz CT molecular complexity index is 743. The fourth-order valence-electron chi connectivity index (χ4n) is 2.15. The maximum Gasteiger partial charge on any atom is 0.415 e. The van der Waals surface area contributed by atoms with Crippen LogP contribution in [0.1, 0.15) is 18.5 Å². The van der Waals surface area contributed by atoms with Crippen molar-refractivity contribution in [2.24, 2.45) is 5.10 Å². The van der Waals surface area contributed by atoms with Crippen molar-refractivity contribution < 1.29 is 19.9 Å². The molecule has 120 valence electrons. The van der Waals surface area contributed by atoms with E-state index in [1.807, 2.05) is 0 Å². The molecule has 11 heteroatoms. The number of hydrogen-bond acceptors (Lipinski definition) is 5. The molecule has 11 nitrogen and oxygen atoms in total. The first kappa shape index (κ1) is 15.9. The van der Waals surface area contributed by atoms with E-state index in [2.05, 4.69) is 10.4 Å². The molecule has 0 bridgehead atoms. The van der Waals surface area contributed by atoms with Crippen LogP contribution in [0.2, 0.25) is 0 Å². The molecular weight excluding hydrogens is 310 g/mol. The highest BCUT2D eigenvalue weighted by Crippen LogP contribution is 2.29. The second kappa shape index (κ2) is 6.09. The predicted octanol–water partition coefficient (Wildman–Crippen LogP) is 1.67. The van der Waals surface area contributed by atoms with Crippen molar-refractivity contribution in [2.45, 2.75) is 13.0 Å². The first-order chi connectivity index (χ1) is 10.8. The summed E-state index contributed by atoms with van der Waals surface area (Å²) in [5, 5.41) is 35.3. The topological polar surface area (TPSA) is 151 Å². The van der Waals surface area contributed by atoms with Gasteiger partial charge in [-0.3, -0.25) is 10.1 Å². The Kier molecular flexibility index (Phi) is 4.21. The van der Waals surface area contributed by atoms with E-state index in [4.69, 9.17) is 0 Å². The normalized spacial score (nSPS) is 19.0. The summed E-state index contributed by atoms with van der Waals surface area (Å²) in [6.45, 7) is 1.57. The maximum absolute atomic E-state index is 11.5. The summed E-state index contributed by atoms with van der Waals surface area (Å²) in [6.07, 6.45) is -0.00932. The summed E-state index contributed by atoms with van der Waals surface area (Å²) < 4.78 is 0. The van der Waals surface area contributed by atoms with E-state index >= 15 is 0 Å². The molecule has 1 aliphatic rings. The fourth-order valence-corrected chi connectivity index (χ4v) is 2.15. The third-order valence-electron chi connectivity index (χ3n) is 3.03. The number of guanidine groups is 1. The van der Waals surface area contributed by atoms with Crippen LogP contribution in [-0.2, 0) is 0 Å². The van der Waals surface area contributed by atoms with E-state index in [0.29, 0.717) is 16.2 Å². The number of amides is 1. The average molecular weight is 321 g/mol. The minimum atomic E-state index is -1.49. The molecule has 1 aromatic rings. The molecule has 0 aliphatic carbocycles. The van der Waals surface area contributed by atoms with Crippen LogP contribution in [0.15, 0.2) is 41.1 Å². The highest BCUT2D eigenvalue weighted by Gasteiger charge is 2.34. The van der Waals surface area contributed by atoms with Crippen molar-refractivity contribution in [1.82, 2.24) is 10.2 Å². The van der Waals surface area contributed by atoms with Gasteiger partial charge in [0.05, 0.1) is 11.0 Å². The zero-order valence-corrected chi connectivity index (χ0v) is 11.7. The van der Waals surface area contributed by atoms with E-state index in [1.165, 1.54) is 30.3 Å². The first-order valence-electron chi connectivity index (χ1n) is 6.24. The van der Waals surface area contributed by atoms with Crippen LogP contribution in [0.3, 0.4) is 0 Å². The lowest BCUT2D eigenvalue weighted by Crippen LogP contribution is -2.49. The number of allylic oxidation sites excluding steroid dienone is 1. The zero-order chi connectivity index (χ0) is 17.1. The summed E-state index contributed by atoms with van der Waals surface area (Å²) in [7, 11) is 0. The fraction of sp³-hybridized carbons (Fsp3) is 0.167. The SMILES string of the molecule is CC1=CC(c2cccc([N+](=O)[O-])c2)N(C(=O)O)/C(=N/[N+](=O)[O-])N1. The monoisotopic (exact) mass is 321 g/mol. The lowest BCUT2D eigenvalue weighted by molar-refractivity contribution is -0.485. The van der Waals surface area contributed by atoms with Gasteiger partial charge in [-0.15, -0.1) is 0 Å². The first-order valence-corrected chi connectivity index (χ1v) is 6.24. The van der Waals surface area contributed by atoms with Gasteiger partial charge in [0.1, 0.15) is 5.10 Å². The Morgan fingerprint density at radius 3 is 2.65 bits per heavy atom. The minimum absolute atomic E-state index is 0.217. The van der Waals surface area contributed by atoms with E-state index in [0.717, 1.165) is 0 Å². The number of benzene rings is 1. The van der Waals surface area contributed by atoms with Crippen molar-refractivity contribution in [3.63, 3.8) is 0 Å². The van der Waals surface area contributed by atoms with Gasteiger partial charge in [0.25, 0.3) is 11.6 Å². The minimum Gasteiger partial charge on any atom is -0.465 e. The van der Waals surface area contributed by atoms with Crippen LogP contribution in [0, 0.1) is 20.2 Å². The molecule has 1 aliphatic heterocycles. The van der Waals surface area contributed by atoms with Gasteiger partial charge in [0.2, 0.25) is 0 Å². The Morgan fingerprint density at radius 1 is 1.39 bits per heavy atom. The Morgan fingerprint density at radius 2 is 2.09 bits per heavy atom. The molecule has 1 atom stereocenters. The second-order valence-electron chi connectivity index (χ2n) is 4.59. The average Bonchev–Trinajstić information content (AvgIpc) is 2.45. The Hall–Kier alpha value is -3.50. The van der Waals surface area contributed by atoms with Gasteiger partial charge in [-0.2, -0.15) is 0 Å². The number of hydrogen-bond donors (Lipinski definition) is 2.